The van der Waals surface area contributed by atoms with Crippen LogP contribution in [0.15, 0.2) is 0 Å². The highest BCUT2D eigenvalue weighted by molar-refractivity contribution is 7.94. The Hall–Kier alpha value is -1.32. The third-order valence-corrected chi connectivity index (χ3v) is 9.45. The Morgan fingerprint density at radius 3 is 2.33 bits per heavy atom. The van der Waals surface area contributed by atoms with Gasteiger partial charge in [0.15, 0.2) is 9.84 Å². The summed E-state index contributed by atoms with van der Waals surface area (Å²) in [6.07, 6.45) is 5.09. The van der Waals surface area contributed by atoms with E-state index in [2.05, 4.69) is 5.32 Å². The number of carbonyl (C=O) groups excluding carboxylic acids is 2. The zero-order chi connectivity index (χ0) is 22.4. The smallest absolute Gasteiger partial charge is 0.247 e. The molecule has 0 aromatic heterocycles. The molecular weight excluding hydrogens is 408 g/mol. The average Bonchev–Trinajstić information content (AvgIpc) is 2.73. The van der Waals surface area contributed by atoms with Crippen molar-refractivity contribution < 1.29 is 27.5 Å². The van der Waals surface area contributed by atoms with Crippen LogP contribution in [0.3, 0.4) is 0 Å². The van der Waals surface area contributed by atoms with Gasteiger partial charge in [0.2, 0.25) is 11.8 Å². The number of sulfone groups is 1. The van der Waals surface area contributed by atoms with Crippen LogP contribution in [0.25, 0.3) is 0 Å². The van der Waals surface area contributed by atoms with E-state index in [0.717, 1.165) is 32.1 Å². The molecule has 2 aliphatic rings. The Labute approximate surface area is 179 Å². The molecule has 2 amide bonds. The predicted molar refractivity (Wildman–Crippen MR) is 114 cm³/mol. The molecule has 0 aromatic carbocycles. The lowest BCUT2D eigenvalue weighted by molar-refractivity contribution is -0.130. The zero-order valence-corrected chi connectivity index (χ0v) is 19.2. The lowest BCUT2D eigenvalue weighted by Gasteiger charge is -2.37. The largest absolute Gasteiger partial charge is 0.381 e. The van der Waals surface area contributed by atoms with Gasteiger partial charge in [-0.1, -0.05) is 19.3 Å². The van der Waals surface area contributed by atoms with Crippen LogP contribution in [0.1, 0.15) is 72.1 Å². The molecule has 1 saturated carbocycles. The second-order valence-electron chi connectivity index (χ2n) is 8.88. The molecule has 8 nitrogen and oxygen atoms in total. The number of carbonyl (C=O) groups is 2. The SMILES string of the molecule is CCOCC1(C(=N)CC(=O)NC(=O)C(C)(C)S(=O)(=O)C2CCOCC2)CCCCC1. The minimum Gasteiger partial charge on any atom is -0.381 e. The number of amides is 2. The van der Waals surface area contributed by atoms with Gasteiger partial charge in [-0.2, -0.15) is 0 Å². The maximum absolute atomic E-state index is 13.0. The number of nitrogens with one attached hydrogen (secondary N) is 2. The Morgan fingerprint density at radius 2 is 1.77 bits per heavy atom. The standard InChI is InChI=1S/C21H36N2O6S/c1-4-28-15-21(10-6-5-7-11-21)17(22)14-18(24)23-19(25)20(2,3)30(26,27)16-8-12-29-13-9-16/h16,22H,4-15H2,1-3H3,(H,23,24,25). The monoisotopic (exact) mass is 444 g/mol. The fourth-order valence-electron chi connectivity index (χ4n) is 4.26. The molecule has 0 atom stereocenters. The van der Waals surface area contributed by atoms with Crippen molar-refractivity contribution >= 4 is 27.4 Å². The summed E-state index contributed by atoms with van der Waals surface area (Å²) < 4.78 is 35.0. The van der Waals surface area contributed by atoms with Crippen LogP contribution < -0.4 is 5.32 Å². The summed E-state index contributed by atoms with van der Waals surface area (Å²) in [5.74, 6) is -1.48. The molecule has 9 heteroatoms. The lowest BCUT2D eigenvalue weighted by atomic mass is 9.70. The minimum atomic E-state index is -3.80. The van der Waals surface area contributed by atoms with E-state index < -0.39 is 37.1 Å². The molecule has 30 heavy (non-hydrogen) atoms. The van der Waals surface area contributed by atoms with Gasteiger partial charge in [0.1, 0.15) is 4.75 Å². The van der Waals surface area contributed by atoms with Crippen LogP contribution in [0.5, 0.6) is 0 Å². The Bertz CT molecular complexity index is 735. The van der Waals surface area contributed by atoms with Crippen LogP contribution in [-0.2, 0) is 28.9 Å². The summed E-state index contributed by atoms with van der Waals surface area (Å²) in [5, 5.41) is 10.1. The zero-order valence-electron chi connectivity index (χ0n) is 18.4. The summed E-state index contributed by atoms with van der Waals surface area (Å²) in [7, 11) is -3.80. The minimum absolute atomic E-state index is 0.230. The summed E-state index contributed by atoms with van der Waals surface area (Å²) in [4.78, 5) is 25.3. The average molecular weight is 445 g/mol. The molecule has 1 saturated heterocycles. The van der Waals surface area contributed by atoms with Gasteiger partial charge in [0, 0.05) is 30.9 Å². The van der Waals surface area contributed by atoms with Crippen molar-refractivity contribution in [2.24, 2.45) is 5.41 Å². The van der Waals surface area contributed by atoms with Crippen LogP contribution in [-0.4, -0.2) is 62.4 Å². The normalized spacial score (nSPS) is 20.5. The number of rotatable bonds is 9. The second kappa shape index (κ2) is 10.3. The van der Waals surface area contributed by atoms with E-state index in [0.29, 0.717) is 39.3 Å². The van der Waals surface area contributed by atoms with Crippen molar-refractivity contribution in [2.75, 3.05) is 26.4 Å². The van der Waals surface area contributed by atoms with E-state index in [1.165, 1.54) is 13.8 Å². The van der Waals surface area contributed by atoms with Gasteiger partial charge >= 0.3 is 0 Å². The third-order valence-electron chi connectivity index (χ3n) is 6.49. The fraction of sp³-hybridized carbons (Fsp3) is 0.857. The van der Waals surface area contributed by atoms with Crippen LogP contribution in [0, 0.1) is 10.8 Å². The summed E-state index contributed by atoms with van der Waals surface area (Å²) in [6, 6.07) is 0. The topological polar surface area (TPSA) is 123 Å². The Kier molecular flexibility index (Phi) is 8.59. The van der Waals surface area contributed by atoms with Crippen molar-refractivity contribution in [2.45, 2.75) is 82.1 Å². The highest BCUT2D eigenvalue weighted by Gasteiger charge is 2.47. The van der Waals surface area contributed by atoms with E-state index in [4.69, 9.17) is 14.9 Å². The molecule has 0 unspecified atom stereocenters. The van der Waals surface area contributed by atoms with Crippen molar-refractivity contribution in [3.05, 3.63) is 0 Å². The van der Waals surface area contributed by atoms with E-state index in [9.17, 15) is 18.0 Å². The summed E-state index contributed by atoms with van der Waals surface area (Å²) >= 11 is 0. The highest BCUT2D eigenvalue weighted by Crippen LogP contribution is 2.38. The second-order valence-corrected chi connectivity index (χ2v) is 11.7. The van der Waals surface area contributed by atoms with Crippen LogP contribution in [0.4, 0.5) is 0 Å². The fourth-order valence-corrected chi connectivity index (χ4v) is 6.22. The third kappa shape index (κ3) is 5.48. The molecular formula is C21H36N2O6S. The van der Waals surface area contributed by atoms with Gasteiger partial charge in [0.25, 0.3) is 0 Å². The van der Waals surface area contributed by atoms with Crippen molar-refractivity contribution in [1.82, 2.24) is 5.32 Å². The maximum Gasteiger partial charge on any atom is 0.247 e. The maximum atomic E-state index is 13.0. The lowest BCUT2D eigenvalue weighted by Crippen LogP contribution is -2.54. The van der Waals surface area contributed by atoms with Gasteiger partial charge in [-0.25, -0.2) is 8.42 Å². The van der Waals surface area contributed by atoms with E-state index in [-0.39, 0.29) is 12.1 Å². The molecule has 2 rings (SSSR count). The molecule has 1 aliphatic carbocycles. The molecule has 1 aliphatic heterocycles. The van der Waals surface area contributed by atoms with Gasteiger partial charge in [-0.3, -0.25) is 14.9 Å². The summed E-state index contributed by atoms with van der Waals surface area (Å²) in [6.45, 7) is 6.20. The molecule has 1 heterocycles. The van der Waals surface area contributed by atoms with Crippen LogP contribution >= 0.6 is 0 Å². The first kappa shape index (κ1) is 24.9. The highest BCUT2D eigenvalue weighted by atomic mass is 32.2. The van der Waals surface area contributed by atoms with Gasteiger partial charge in [-0.05, 0) is 46.5 Å². The Balaban J connectivity index is 2.03. The summed E-state index contributed by atoms with van der Waals surface area (Å²) in [5.41, 5.74) is -0.218. The van der Waals surface area contributed by atoms with Gasteiger partial charge in [-0.15, -0.1) is 0 Å². The van der Waals surface area contributed by atoms with Gasteiger partial charge < -0.3 is 14.9 Å². The van der Waals surface area contributed by atoms with Gasteiger partial charge in [0.05, 0.1) is 18.3 Å². The van der Waals surface area contributed by atoms with Crippen molar-refractivity contribution in [3.8, 4) is 0 Å². The first-order valence-corrected chi connectivity index (χ1v) is 12.4. The molecule has 0 aromatic rings. The van der Waals surface area contributed by atoms with Crippen molar-refractivity contribution in [3.63, 3.8) is 0 Å². The van der Waals surface area contributed by atoms with E-state index in [1.807, 2.05) is 6.92 Å². The van der Waals surface area contributed by atoms with E-state index in [1.54, 1.807) is 0 Å². The molecule has 0 bridgehead atoms. The predicted octanol–water partition coefficient (Wildman–Crippen LogP) is 2.40. The molecule has 2 fully saturated rings. The Morgan fingerprint density at radius 1 is 1.17 bits per heavy atom. The molecule has 0 radical (unpaired) electrons. The quantitative estimate of drug-likeness (QED) is 0.527. The number of hydrogen-bond donors (Lipinski definition) is 2. The first-order valence-electron chi connectivity index (χ1n) is 10.9. The first-order chi connectivity index (χ1) is 14.1. The van der Waals surface area contributed by atoms with E-state index >= 15 is 0 Å². The van der Waals surface area contributed by atoms with Crippen LogP contribution in [0.2, 0.25) is 0 Å². The number of ether oxygens (including phenoxy) is 2. The molecule has 0 spiro atoms. The molecule has 172 valence electrons. The van der Waals surface area contributed by atoms with Crippen molar-refractivity contribution in [1.29, 1.82) is 5.41 Å². The number of hydrogen-bond acceptors (Lipinski definition) is 7. The molecule has 2 N–H and O–H groups in total. The number of imide groups is 1.